The van der Waals surface area contributed by atoms with Crippen molar-refractivity contribution in [2.75, 3.05) is 11.4 Å². The van der Waals surface area contributed by atoms with Gasteiger partial charge in [0.05, 0.1) is 11.0 Å². The summed E-state index contributed by atoms with van der Waals surface area (Å²) in [5.74, 6) is -0.849. The SMILES string of the molecule is CCCCCCN1c2ccc([N+](=O)[O-])cc2C(O)=C(C(=O)OC(C)(C)C)C1C. The number of carbonyl (C=O) groups excluding carboxylic acids is 1. The molecule has 1 aliphatic rings. The number of rotatable bonds is 7. The maximum atomic E-state index is 12.8. The molecule has 1 unspecified atom stereocenters. The Morgan fingerprint density at radius 1 is 1.29 bits per heavy atom. The molecule has 7 nitrogen and oxygen atoms in total. The molecule has 0 spiro atoms. The molecule has 0 aliphatic carbocycles. The molecule has 154 valence electrons. The highest BCUT2D eigenvalue weighted by atomic mass is 16.6. The van der Waals surface area contributed by atoms with E-state index in [2.05, 4.69) is 6.92 Å². The topological polar surface area (TPSA) is 92.9 Å². The van der Waals surface area contributed by atoms with Gasteiger partial charge in [-0.2, -0.15) is 0 Å². The Morgan fingerprint density at radius 3 is 2.54 bits per heavy atom. The summed E-state index contributed by atoms with van der Waals surface area (Å²) in [5, 5.41) is 22.0. The summed E-state index contributed by atoms with van der Waals surface area (Å²) in [4.78, 5) is 25.5. The van der Waals surface area contributed by atoms with Gasteiger partial charge in [-0.25, -0.2) is 4.79 Å². The van der Waals surface area contributed by atoms with Crippen LogP contribution in [0, 0.1) is 10.1 Å². The largest absolute Gasteiger partial charge is 0.507 e. The van der Waals surface area contributed by atoms with E-state index in [1.165, 1.54) is 12.1 Å². The summed E-state index contributed by atoms with van der Waals surface area (Å²) in [6.45, 7) is 9.95. The zero-order valence-corrected chi connectivity index (χ0v) is 17.3. The van der Waals surface area contributed by atoms with E-state index in [1.807, 2.05) is 11.8 Å². The highest BCUT2D eigenvalue weighted by molar-refractivity contribution is 6.01. The number of aliphatic hydroxyl groups excluding tert-OH is 1. The molecule has 0 fully saturated rings. The second kappa shape index (κ2) is 8.63. The normalized spacial score (nSPS) is 16.8. The van der Waals surface area contributed by atoms with Crippen molar-refractivity contribution in [3.8, 4) is 0 Å². The summed E-state index contributed by atoms with van der Waals surface area (Å²) >= 11 is 0. The molecule has 28 heavy (non-hydrogen) atoms. The smallest absolute Gasteiger partial charge is 0.340 e. The van der Waals surface area contributed by atoms with Crippen LogP contribution in [-0.2, 0) is 9.53 Å². The average molecular weight is 390 g/mol. The van der Waals surface area contributed by atoms with Gasteiger partial charge in [0, 0.05) is 29.9 Å². The van der Waals surface area contributed by atoms with Crippen molar-refractivity contribution < 1.29 is 19.6 Å². The van der Waals surface area contributed by atoms with Crippen molar-refractivity contribution in [2.24, 2.45) is 0 Å². The Morgan fingerprint density at radius 2 is 1.96 bits per heavy atom. The summed E-state index contributed by atoms with van der Waals surface area (Å²) in [6, 6.07) is 3.99. The molecular weight excluding hydrogens is 360 g/mol. The van der Waals surface area contributed by atoms with Gasteiger partial charge < -0.3 is 14.7 Å². The van der Waals surface area contributed by atoms with E-state index in [0.717, 1.165) is 25.7 Å². The Bertz CT molecular complexity index is 779. The molecule has 1 atom stereocenters. The van der Waals surface area contributed by atoms with Gasteiger partial charge in [0.25, 0.3) is 5.69 Å². The molecule has 7 heteroatoms. The number of unbranched alkanes of at least 4 members (excludes halogenated alkanes) is 3. The average Bonchev–Trinajstić information content (AvgIpc) is 2.59. The summed E-state index contributed by atoms with van der Waals surface area (Å²) in [6.07, 6.45) is 4.22. The molecule has 1 N–H and O–H groups in total. The third-order valence-corrected chi connectivity index (χ3v) is 4.77. The molecule has 1 aliphatic heterocycles. The van der Waals surface area contributed by atoms with Gasteiger partial charge in [-0.1, -0.05) is 26.2 Å². The number of non-ortho nitro benzene ring substituents is 1. The summed E-state index contributed by atoms with van der Waals surface area (Å²) in [7, 11) is 0. The minimum Gasteiger partial charge on any atom is -0.507 e. The summed E-state index contributed by atoms with van der Waals surface area (Å²) in [5.41, 5.74) is 0.287. The van der Waals surface area contributed by atoms with E-state index in [-0.39, 0.29) is 17.0 Å². The zero-order chi connectivity index (χ0) is 21.1. The van der Waals surface area contributed by atoms with Gasteiger partial charge >= 0.3 is 5.97 Å². The fourth-order valence-electron chi connectivity index (χ4n) is 3.41. The van der Waals surface area contributed by atoms with Gasteiger partial charge in [0.2, 0.25) is 0 Å². The van der Waals surface area contributed by atoms with Crippen LogP contribution in [0.3, 0.4) is 0 Å². The van der Waals surface area contributed by atoms with E-state index < -0.39 is 22.5 Å². The molecule has 0 amide bonds. The molecule has 0 radical (unpaired) electrons. The maximum absolute atomic E-state index is 12.8. The number of nitro benzene ring substituents is 1. The highest BCUT2D eigenvalue weighted by Crippen LogP contribution is 2.39. The van der Waals surface area contributed by atoms with Crippen molar-refractivity contribution in [3.63, 3.8) is 0 Å². The van der Waals surface area contributed by atoms with Crippen LogP contribution in [-0.4, -0.2) is 34.2 Å². The highest BCUT2D eigenvalue weighted by Gasteiger charge is 2.37. The number of nitrogens with zero attached hydrogens (tertiary/aromatic N) is 2. The first kappa shape index (κ1) is 21.7. The fourth-order valence-corrected chi connectivity index (χ4v) is 3.41. The van der Waals surface area contributed by atoms with Crippen molar-refractivity contribution in [2.45, 2.75) is 71.9 Å². The van der Waals surface area contributed by atoms with E-state index >= 15 is 0 Å². The van der Waals surface area contributed by atoms with Gasteiger partial charge in [-0.05, 0) is 40.2 Å². The van der Waals surface area contributed by atoms with Gasteiger partial charge in [-0.15, -0.1) is 0 Å². The predicted molar refractivity (Wildman–Crippen MR) is 109 cm³/mol. The molecule has 0 saturated heterocycles. The molecule has 0 aromatic heterocycles. The predicted octanol–water partition coefficient (Wildman–Crippen LogP) is 4.99. The monoisotopic (exact) mass is 390 g/mol. The minimum absolute atomic E-state index is 0.130. The third kappa shape index (κ3) is 4.82. The molecule has 1 aromatic carbocycles. The van der Waals surface area contributed by atoms with Gasteiger partial charge in [0.1, 0.15) is 16.9 Å². The number of nitro groups is 1. The standard InChI is InChI=1S/C21H30N2O5/c1-6-7-8-9-12-22-14(2)18(20(25)28-21(3,4)5)19(24)16-13-15(23(26)27)10-11-17(16)22/h10-11,13-14,24H,6-9,12H2,1-5H3. The molecule has 0 saturated carbocycles. The first-order valence-corrected chi connectivity index (χ1v) is 9.78. The Hall–Kier alpha value is -2.57. The van der Waals surface area contributed by atoms with Crippen LogP contribution < -0.4 is 4.90 Å². The lowest BCUT2D eigenvalue weighted by Crippen LogP contribution is -2.42. The van der Waals surface area contributed by atoms with Crippen LogP contribution in [0.1, 0.15) is 65.9 Å². The number of fused-ring (bicyclic) bond motifs is 1. The Labute approximate surface area is 166 Å². The number of ether oxygens (including phenoxy) is 1. The lowest BCUT2D eigenvalue weighted by molar-refractivity contribution is -0.384. The quantitative estimate of drug-likeness (QED) is 0.305. The Kier molecular flexibility index (Phi) is 6.69. The zero-order valence-electron chi connectivity index (χ0n) is 17.3. The first-order valence-electron chi connectivity index (χ1n) is 9.78. The summed E-state index contributed by atoms with van der Waals surface area (Å²) < 4.78 is 5.48. The van der Waals surface area contributed by atoms with E-state index in [9.17, 15) is 20.0 Å². The van der Waals surface area contributed by atoms with Crippen molar-refractivity contribution >= 4 is 23.1 Å². The molecule has 1 aromatic rings. The van der Waals surface area contributed by atoms with Crippen molar-refractivity contribution in [1.82, 2.24) is 0 Å². The van der Waals surface area contributed by atoms with E-state index in [4.69, 9.17) is 4.74 Å². The third-order valence-electron chi connectivity index (χ3n) is 4.77. The van der Waals surface area contributed by atoms with Crippen LogP contribution in [0.4, 0.5) is 11.4 Å². The number of aliphatic hydroxyl groups is 1. The number of benzene rings is 1. The Balaban J connectivity index is 2.49. The van der Waals surface area contributed by atoms with E-state index in [0.29, 0.717) is 17.8 Å². The number of esters is 1. The van der Waals surface area contributed by atoms with Gasteiger partial charge in [0.15, 0.2) is 0 Å². The molecular formula is C21H30N2O5. The van der Waals surface area contributed by atoms with Crippen molar-refractivity contribution in [1.29, 1.82) is 0 Å². The van der Waals surface area contributed by atoms with Crippen LogP contribution in [0.5, 0.6) is 0 Å². The molecule has 0 bridgehead atoms. The number of hydrogen-bond acceptors (Lipinski definition) is 6. The van der Waals surface area contributed by atoms with Crippen LogP contribution in [0.25, 0.3) is 5.76 Å². The lowest BCUT2D eigenvalue weighted by atomic mass is 9.93. The second-order valence-electron chi connectivity index (χ2n) is 8.15. The van der Waals surface area contributed by atoms with Crippen molar-refractivity contribution in [3.05, 3.63) is 39.4 Å². The number of carbonyl (C=O) groups is 1. The minimum atomic E-state index is -0.709. The maximum Gasteiger partial charge on any atom is 0.340 e. The second-order valence-corrected chi connectivity index (χ2v) is 8.15. The molecule has 1 heterocycles. The number of anilines is 1. The first-order chi connectivity index (χ1) is 13.1. The van der Waals surface area contributed by atoms with E-state index in [1.54, 1.807) is 26.8 Å². The lowest BCUT2D eigenvalue weighted by Gasteiger charge is -2.38. The number of hydrogen-bond donors (Lipinski definition) is 1. The van der Waals surface area contributed by atoms with Gasteiger partial charge in [-0.3, -0.25) is 10.1 Å². The van der Waals surface area contributed by atoms with Crippen LogP contribution >= 0.6 is 0 Å². The fraction of sp³-hybridized carbons (Fsp3) is 0.571. The van der Waals surface area contributed by atoms with Crippen LogP contribution in [0.2, 0.25) is 0 Å². The molecule has 2 rings (SSSR count). The van der Waals surface area contributed by atoms with Crippen LogP contribution in [0.15, 0.2) is 23.8 Å².